The molecule has 1 atom stereocenters. The number of nitrogens with one attached hydrogen (secondary N) is 1. The number of Topliss-reactive ketones (excluding diaryl/α,β-unsaturated/α-hetero) is 1. The van der Waals surface area contributed by atoms with Crippen LogP contribution in [0.5, 0.6) is 5.75 Å². The number of ether oxygens (including phenoxy) is 3. The number of para-hydroxylation sites is 1. The second-order valence-electron chi connectivity index (χ2n) is 6.65. The predicted molar refractivity (Wildman–Crippen MR) is 107 cm³/mol. The van der Waals surface area contributed by atoms with E-state index in [4.69, 9.17) is 14.2 Å². The topological polar surface area (TPSA) is 94.7 Å². The van der Waals surface area contributed by atoms with Crippen LogP contribution < -0.4 is 4.74 Å². The number of benzene rings is 1. The summed E-state index contributed by atoms with van der Waals surface area (Å²) in [7, 11) is 1.28. The number of methoxy groups -OCH3 is 1. The van der Waals surface area contributed by atoms with Crippen molar-refractivity contribution in [1.29, 1.82) is 0 Å². The molecule has 2 rings (SSSR count). The minimum absolute atomic E-state index is 0.123. The van der Waals surface area contributed by atoms with E-state index in [1.165, 1.54) is 14.0 Å². The summed E-state index contributed by atoms with van der Waals surface area (Å²) >= 11 is 0. The second kappa shape index (κ2) is 9.91. The van der Waals surface area contributed by atoms with Crippen molar-refractivity contribution in [2.24, 2.45) is 0 Å². The van der Waals surface area contributed by atoms with E-state index in [0.717, 1.165) is 11.3 Å². The first kappa shape index (κ1) is 22.2. The SMILES string of the molecule is CCOc1ccccc1CCC(=O)O[C@@H](C)C(=O)c1[nH]c(C)c(C(=O)OC)c1C. The number of hydrogen-bond donors (Lipinski definition) is 1. The molecule has 0 fully saturated rings. The average molecular weight is 401 g/mol. The Morgan fingerprint density at radius 3 is 2.48 bits per heavy atom. The molecule has 156 valence electrons. The summed E-state index contributed by atoms with van der Waals surface area (Å²) in [5.41, 5.74) is 2.48. The Hall–Kier alpha value is -3.09. The van der Waals surface area contributed by atoms with Gasteiger partial charge in [0.1, 0.15) is 5.75 Å². The lowest BCUT2D eigenvalue weighted by Crippen LogP contribution is -2.25. The molecule has 0 amide bonds. The van der Waals surface area contributed by atoms with E-state index in [-0.39, 0.29) is 12.1 Å². The third kappa shape index (κ3) is 5.25. The van der Waals surface area contributed by atoms with Gasteiger partial charge in [-0.05, 0) is 51.3 Å². The summed E-state index contributed by atoms with van der Waals surface area (Å²) in [4.78, 5) is 39.7. The van der Waals surface area contributed by atoms with Crippen LogP contribution in [0.4, 0.5) is 0 Å². The third-order valence-corrected chi connectivity index (χ3v) is 4.62. The standard InChI is InChI=1S/C22H27NO6/c1-6-28-17-10-8-7-9-16(17)11-12-18(24)29-15(4)21(25)20-13(2)19(14(3)23-20)22(26)27-5/h7-10,15,23H,6,11-12H2,1-5H3/t15-/m0/s1. The first-order chi connectivity index (χ1) is 13.8. The highest BCUT2D eigenvalue weighted by Crippen LogP contribution is 2.22. The van der Waals surface area contributed by atoms with Gasteiger partial charge in [-0.25, -0.2) is 4.79 Å². The van der Waals surface area contributed by atoms with Gasteiger partial charge in [0.15, 0.2) is 6.10 Å². The molecule has 29 heavy (non-hydrogen) atoms. The highest BCUT2D eigenvalue weighted by atomic mass is 16.5. The lowest BCUT2D eigenvalue weighted by Gasteiger charge is -2.13. The van der Waals surface area contributed by atoms with Gasteiger partial charge in [0.2, 0.25) is 5.78 Å². The Morgan fingerprint density at radius 2 is 1.83 bits per heavy atom. The summed E-state index contributed by atoms with van der Waals surface area (Å²) in [5.74, 6) is -0.664. The molecule has 1 N–H and O–H groups in total. The molecule has 0 unspecified atom stereocenters. The van der Waals surface area contributed by atoms with Gasteiger partial charge in [-0.15, -0.1) is 0 Å². The average Bonchev–Trinajstić information content (AvgIpc) is 3.00. The zero-order chi connectivity index (χ0) is 21.6. The lowest BCUT2D eigenvalue weighted by atomic mass is 10.1. The maximum Gasteiger partial charge on any atom is 0.339 e. The molecule has 0 radical (unpaired) electrons. The molecule has 0 aliphatic carbocycles. The lowest BCUT2D eigenvalue weighted by molar-refractivity contribution is -0.146. The Kier molecular flexibility index (Phi) is 7.59. The van der Waals surface area contributed by atoms with Gasteiger partial charge in [0.25, 0.3) is 0 Å². The van der Waals surface area contributed by atoms with Crippen LogP contribution in [-0.2, 0) is 20.7 Å². The van der Waals surface area contributed by atoms with E-state index in [9.17, 15) is 14.4 Å². The van der Waals surface area contributed by atoms with Crippen molar-refractivity contribution in [3.8, 4) is 5.75 Å². The Labute approximate surface area is 170 Å². The van der Waals surface area contributed by atoms with Crippen LogP contribution >= 0.6 is 0 Å². The molecule has 1 aromatic carbocycles. The van der Waals surface area contributed by atoms with Gasteiger partial charge in [0.05, 0.1) is 25.0 Å². The molecular weight excluding hydrogens is 374 g/mol. The number of H-pyrrole nitrogens is 1. The van der Waals surface area contributed by atoms with E-state index in [2.05, 4.69) is 4.98 Å². The number of aromatic amines is 1. The van der Waals surface area contributed by atoms with Crippen LogP contribution in [0.3, 0.4) is 0 Å². The third-order valence-electron chi connectivity index (χ3n) is 4.62. The maximum atomic E-state index is 12.7. The highest BCUT2D eigenvalue weighted by Gasteiger charge is 2.27. The molecule has 0 saturated carbocycles. The van der Waals surface area contributed by atoms with Crippen molar-refractivity contribution >= 4 is 17.7 Å². The van der Waals surface area contributed by atoms with Crippen LogP contribution in [0, 0.1) is 13.8 Å². The molecule has 0 spiro atoms. The van der Waals surface area contributed by atoms with Crippen molar-refractivity contribution in [3.05, 3.63) is 52.3 Å². The Bertz CT molecular complexity index is 899. The Morgan fingerprint density at radius 1 is 1.14 bits per heavy atom. The van der Waals surface area contributed by atoms with Crippen molar-refractivity contribution in [2.45, 2.75) is 46.6 Å². The fourth-order valence-corrected chi connectivity index (χ4v) is 3.16. The number of hydrogen-bond acceptors (Lipinski definition) is 6. The summed E-state index contributed by atoms with van der Waals surface area (Å²) in [6.45, 7) is 7.29. The van der Waals surface area contributed by atoms with E-state index >= 15 is 0 Å². The van der Waals surface area contributed by atoms with E-state index < -0.39 is 23.8 Å². The highest BCUT2D eigenvalue weighted by molar-refractivity contribution is 6.03. The summed E-state index contributed by atoms with van der Waals surface area (Å²) in [5, 5.41) is 0. The van der Waals surface area contributed by atoms with Crippen LogP contribution in [0.1, 0.15) is 57.9 Å². The molecule has 1 aromatic heterocycles. The van der Waals surface area contributed by atoms with Crippen LogP contribution in [-0.4, -0.2) is 42.5 Å². The first-order valence-corrected chi connectivity index (χ1v) is 9.51. The van der Waals surface area contributed by atoms with E-state index in [1.54, 1.807) is 13.8 Å². The maximum absolute atomic E-state index is 12.7. The summed E-state index contributed by atoms with van der Waals surface area (Å²) < 4.78 is 15.6. The fraction of sp³-hybridized carbons (Fsp3) is 0.409. The minimum atomic E-state index is -0.980. The Balaban J connectivity index is 2.01. The van der Waals surface area contributed by atoms with Crippen LogP contribution in [0.25, 0.3) is 0 Å². The number of aromatic nitrogens is 1. The normalized spacial score (nSPS) is 11.6. The number of esters is 2. The van der Waals surface area contributed by atoms with Gasteiger partial charge >= 0.3 is 11.9 Å². The molecule has 0 bridgehead atoms. The minimum Gasteiger partial charge on any atom is -0.494 e. The fourth-order valence-electron chi connectivity index (χ4n) is 3.16. The first-order valence-electron chi connectivity index (χ1n) is 9.51. The largest absolute Gasteiger partial charge is 0.494 e. The molecule has 7 heteroatoms. The molecule has 7 nitrogen and oxygen atoms in total. The predicted octanol–water partition coefficient (Wildman–Crippen LogP) is 3.56. The number of carbonyl (C=O) groups excluding carboxylic acids is 3. The van der Waals surface area contributed by atoms with Gasteiger partial charge in [0, 0.05) is 12.1 Å². The van der Waals surface area contributed by atoms with Gasteiger partial charge in [-0.2, -0.15) is 0 Å². The summed E-state index contributed by atoms with van der Waals surface area (Å²) in [6, 6.07) is 7.50. The van der Waals surface area contributed by atoms with Gasteiger partial charge in [-0.3, -0.25) is 9.59 Å². The molecule has 2 aromatic rings. The van der Waals surface area contributed by atoms with Crippen molar-refractivity contribution in [3.63, 3.8) is 0 Å². The monoisotopic (exact) mass is 401 g/mol. The quantitative estimate of drug-likeness (QED) is 0.510. The molecule has 0 aliphatic rings. The molecular formula is C22H27NO6. The number of ketones is 1. The van der Waals surface area contributed by atoms with Crippen molar-refractivity contribution in [2.75, 3.05) is 13.7 Å². The molecule has 1 heterocycles. The van der Waals surface area contributed by atoms with Gasteiger partial charge in [-0.1, -0.05) is 18.2 Å². The van der Waals surface area contributed by atoms with E-state index in [1.807, 2.05) is 31.2 Å². The van der Waals surface area contributed by atoms with Crippen molar-refractivity contribution in [1.82, 2.24) is 4.98 Å². The van der Waals surface area contributed by atoms with Crippen molar-refractivity contribution < 1.29 is 28.6 Å². The smallest absolute Gasteiger partial charge is 0.339 e. The van der Waals surface area contributed by atoms with Crippen LogP contribution in [0.15, 0.2) is 24.3 Å². The molecule has 0 saturated heterocycles. The van der Waals surface area contributed by atoms with Gasteiger partial charge < -0.3 is 19.2 Å². The zero-order valence-electron chi connectivity index (χ0n) is 17.5. The number of carbonyl (C=O) groups is 3. The number of rotatable bonds is 9. The second-order valence-corrected chi connectivity index (χ2v) is 6.65. The van der Waals surface area contributed by atoms with Crippen LogP contribution in [0.2, 0.25) is 0 Å². The molecule has 0 aliphatic heterocycles. The van der Waals surface area contributed by atoms with E-state index in [0.29, 0.717) is 29.8 Å². The summed E-state index contributed by atoms with van der Waals surface area (Å²) in [6.07, 6.45) is -0.409. The zero-order valence-corrected chi connectivity index (χ0v) is 17.5. The number of aryl methyl sites for hydroxylation is 2.